The fourth-order valence-electron chi connectivity index (χ4n) is 1.07. The predicted molar refractivity (Wildman–Crippen MR) is 50.3 cm³/mol. The Morgan fingerprint density at radius 3 is 2.69 bits per heavy atom. The summed E-state index contributed by atoms with van der Waals surface area (Å²) >= 11 is 0. The topological polar surface area (TPSA) is 81.2 Å². The number of hydrogen-bond acceptors (Lipinski definition) is 4. The molecule has 1 aromatic carbocycles. The molecule has 0 aliphatic carbocycles. The van der Waals surface area contributed by atoms with Crippen molar-refractivity contribution in [1.29, 1.82) is 0 Å². The van der Waals surface area contributed by atoms with Gasteiger partial charge >= 0.3 is 0 Å². The summed E-state index contributed by atoms with van der Waals surface area (Å²) in [5, 5.41) is 10.5. The quantitative estimate of drug-likeness (QED) is 0.420. The number of anilines is 1. The van der Waals surface area contributed by atoms with Crippen LogP contribution in [0.25, 0.3) is 0 Å². The fraction of sp³-hybridized carbons (Fsp3) is 0.250. The van der Waals surface area contributed by atoms with E-state index in [-0.39, 0.29) is 5.69 Å². The molecule has 0 heterocycles. The summed E-state index contributed by atoms with van der Waals surface area (Å²) in [6, 6.07) is 4.73. The lowest BCUT2D eigenvalue weighted by molar-refractivity contribution is -0.384. The fourth-order valence-corrected chi connectivity index (χ4v) is 1.07. The second kappa shape index (κ2) is 3.86. The van der Waals surface area contributed by atoms with Gasteiger partial charge < -0.3 is 5.43 Å². The number of hydrazine groups is 1. The third kappa shape index (κ3) is 2.16. The Morgan fingerprint density at radius 2 is 2.23 bits per heavy atom. The highest BCUT2D eigenvalue weighted by molar-refractivity contribution is 5.53. The van der Waals surface area contributed by atoms with Crippen molar-refractivity contribution in [2.24, 2.45) is 5.84 Å². The molecule has 13 heavy (non-hydrogen) atoms. The number of non-ortho nitro benzene ring substituents is 1. The molecule has 0 aromatic heterocycles. The Labute approximate surface area is 75.7 Å². The van der Waals surface area contributed by atoms with Gasteiger partial charge in [-0.3, -0.25) is 16.0 Å². The van der Waals surface area contributed by atoms with E-state index in [1.807, 2.05) is 6.92 Å². The van der Waals surface area contributed by atoms with E-state index in [0.717, 1.165) is 12.0 Å². The lowest BCUT2D eigenvalue weighted by Gasteiger charge is -2.02. The predicted octanol–water partition coefficient (Wildman–Crippen LogP) is 1.44. The maximum absolute atomic E-state index is 10.5. The summed E-state index contributed by atoms with van der Waals surface area (Å²) in [6.45, 7) is 1.93. The number of rotatable bonds is 3. The summed E-state index contributed by atoms with van der Waals surface area (Å²) in [5.41, 5.74) is 3.91. The van der Waals surface area contributed by atoms with Crippen molar-refractivity contribution in [3.8, 4) is 0 Å². The maximum atomic E-state index is 10.5. The minimum Gasteiger partial charge on any atom is -0.324 e. The Bertz CT molecular complexity index is 303. The minimum atomic E-state index is -0.431. The largest absolute Gasteiger partial charge is 0.324 e. The molecule has 0 aliphatic heterocycles. The van der Waals surface area contributed by atoms with Crippen LogP contribution < -0.4 is 11.3 Å². The molecule has 0 fully saturated rings. The SMILES string of the molecule is CCc1cc(NN)cc([N+](=O)[O-])c1. The molecule has 0 unspecified atom stereocenters. The van der Waals surface area contributed by atoms with Gasteiger partial charge in [0.25, 0.3) is 5.69 Å². The normalized spacial score (nSPS) is 9.69. The molecule has 0 spiro atoms. The Balaban J connectivity index is 3.14. The highest BCUT2D eigenvalue weighted by Gasteiger charge is 2.07. The summed E-state index contributed by atoms with van der Waals surface area (Å²) in [5.74, 6) is 5.17. The number of hydrogen-bond donors (Lipinski definition) is 2. The molecule has 3 N–H and O–H groups in total. The molecule has 0 aliphatic rings. The van der Waals surface area contributed by atoms with Crippen LogP contribution in [0.2, 0.25) is 0 Å². The molecule has 5 nitrogen and oxygen atoms in total. The molecule has 0 bridgehead atoms. The summed E-state index contributed by atoms with van der Waals surface area (Å²) < 4.78 is 0. The third-order valence-corrected chi connectivity index (χ3v) is 1.76. The number of nitro groups is 1. The minimum absolute atomic E-state index is 0.0623. The van der Waals surface area contributed by atoms with Gasteiger partial charge in [-0.15, -0.1) is 0 Å². The van der Waals surface area contributed by atoms with Crippen molar-refractivity contribution < 1.29 is 4.92 Å². The zero-order valence-corrected chi connectivity index (χ0v) is 7.28. The molecule has 0 saturated heterocycles. The van der Waals surface area contributed by atoms with E-state index < -0.39 is 4.92 Å². The molecule has 0 radical (unpaired) electrons. The van der Waals surface area contributed by atoms with Gasteiger partial charge in [-0.05, 0) is 18.1 Å². The van der Waals surface area contributed by atoms with E-state index in [1.54, 1.807) is 12.1 Å². The number of benzene rings is 1. The van der Waals surface area contributed by atoms with Crippen molar-refractivity contribution in [2.45, 2.75) is 13.3 Å². The van der Waals surface area contributed by atoms with Crippen molar-refractivity contribution >= 4 is 11.4 Å². The van der Waals surface area contributed by atoms with E-state index in [0.29, 0.717) is 5.69 Å². The number of nitrogens with zero attached hydrogens (tertiary/aromatic N) is 1. The van der Waals surface area contributed by atoms with Crippen LogP contribution in [0.15, 0.2) is 18.2 Å². The molecular weight excluding hydrogens is 170 g/mol. The highest BCUT2D eigenvalue weighted by Crippen LogP contribution is 2.20. The zero-order chi connectivity index (χ0) is 9.84. The first kappa shape index (κ1) is 9.47. The molecule has 5 heteroatoms. The third-order valence-electron chi connectivity index (χ3n) is 1.76. The van der Waals surface area contributed by atoms with Crippen molar-refractivity contribution in [3.63, 3.8) is 0 Å². The van der Waals surface area contributed by atoms with Gasteiger partial charge in [-0.1, -0.05) is 6.92 Å². The first-order valence-electron chi connectivity index (χ1n) is 3.92. The van der Waals surface area contributed by atoms with E-state index in [9.17, 15) is 10.1 Å². The number of nitrogens with two attached hydrogens (primary N) is 1. The molecular formula is C8H11N3O2. The van der Waals surface area contributed by atoms with Gasteiger partial charge in [0.2, 0.25) is 0 Å². The van der Waals surface area contributed by atoms with Gasteiger partial charge in [0, 0.05) is 12.1 Å². The number of nitrogen functional groups attached to an aromatic ring is 1. The van der Waals surface area contributed by atoms with Crippen LogP contribution in [0.4, 0.5) is 11.4 Å². The van der Waals surface area contributed by atoms with Gasteiger partial charge in [0.1, 0.15) is 0 Å². The standard InChI is InChI=1S/C8H11N3O2/c1-2-6-3-7(10-9)5-8(4-6)11(12)13/h3-5,10H,2,9H2,1H3. The lowest BCUT2D eigenvalue weighted by Crippen LogP contribution is -2.07. The Hall–Kier alpha value is -1.62. The summed E-state index contributed by atoms with van der Waals surface area (Å²) in [6.07, 6.45) is 0.746. The monoisotopic (exact) mass is 181 g/mol. The average Bonchev–Trinajstić information content (AvgIpc) is 2.16. The molecule has 0 amide bonds. The first-order valence-corrected chi connectivity index (χ1v) is 3.92. The van der Waals surface area contributed by atoms with E-state index in [4.69, 9.17) is 5.84 Å². The second-order valence-electron chi connectivity index (χ2n) is 2.64. The van der Waals surface area contributed by atoms with Crippen molar-refractivity contribution in [2.75, 3.05) is 5.43 Å². The van der Waals surface area contributed by atoms with E-state index in [2.05, 4.69) is 5.43 Å². The van der Waals surface area contributed by atoms with Crippen LogP contribution in [0, 0.1) is 10.1 Å². The molecule has 1 aromatic rings. The highest BCUT2D eigenvalue weighted by atomic mass is 16.6. The lowest BCUT2D eigenvalue weighted by atomic mass is 10.1. The van der Waals surface area contributed by atoms with Crippen molar-refractivity contribution in [1.82, 2.24) is 0 Å². The van der Waals surface area contributed by atoms with Gasteiger partial charge in [-0.25, -0.2) is 0 Å². The summed E-state index contributed by atoms with van der Waals surface area (Å²) in [4.78, 5) is 10.0. The van der Waals surface area contributed by atoms with Crippen molar-refractivity contribution in [3.05, 3.63) is 33.9 Å². The van der Waals surface area contributed by atoms with Crippen LogP contribution in [-0.4, -0.2) is 4.92 Å². The van der Waals surface area contributed by atoms with Crippen LogP contribution in [0.3, 0.4) is 0 Å². The number of nitrogens with one attached hydrogen (secondary N) is 1. The van der Waals surface area contributed by atoms with E-state index >= 15 is 0 Å². The molecule has 0 saturated carbocycles. The molecule has 1 rings (SSSR count). The second-order valence-corrected chi connectivity index (χ2v) is 2.64. The number of nitro benzene ring substituents is 1. The number of aryl methyl sites for hydroxylation is 1. The molecule has 70 valence electrons. The Morgan fingerprint density at radius 1 is 1.54 bits per heavy atom. The van der Waals surface area contributed by atoms with Crippen LogP contribution in [0.1, 0.15) is 12.5 Å². The molecule has 0 atom stereocenters. The first-order chi connectivity index (χ1) is 6.17. The van der Waals surface area contributed by atoms with Gasteiger partial charge in [-0.2, -0.15) is 0 Å². The van der Waals surface area contributed by atoms with Gasteiger partial charge in [0.05, 0.1) is 10.6 Å². The average molecular weight is 181 g/mol. The van der Waals surface area contributed by atoms with Gasteiger partial charge in [0.15, 0.2) is 0 Å². The zero-order valence-electron chi connectivity index (χ0n) is 7.28. The van der Waals surface area contributed by atoms with Crippen LogP contribution in [0.5, 0.6) is 0 Å². The van der Waals surface area contributed by atoms with Crippen LogP contribution in [-0.2, 0) is 6.42 Å². The van der Waals surface area contributed by atoms with E-state index in [1.165, 1.54) is 6.07 Å². The maximum Gasteiger partial charge on any atom is 0.271 e. The Kier molecular flexibility index (Phi) is 2.81. The smallest absolute Gasteiger partial charge is 0.271 e. The van der Waals surface area contributed by atoms with Crippen LogP contribution >= 0.6 is 0 Å². The summed E-state index contributed by atoms with van der Waals surface area (Å²) in [7, 11) is 0.